The van der Waals surface area contributed by atoms with E-state index in [1.807, 2.05) is 0 Å². The molecule has 0 saturated heterocycles. The van der Waals surface area contributed by atoms with Gasteiger partial charge < -0.3 is 0 Å². The molecule has 0 amide bonds. The Balaban J connectivity index is 1.95. The number of aryl methyl sites for hydroxylation is 1. The molecular weight excluding hydrogens is 306 g/mol. The maximum atomic E-state index is 11.6. The van der Waals surface area contributed by atoms with E-state index in [2.05, 4.69) is 21.3 Å². The van der Waals surface area contributed by atoms with Crippen molar-refractivity contribution >= 4 is 17.2 Å². The smallest absolute Gasteiger partial charge is 0.261 e. The molecule has 1 aromatic carbocycles. The second-order valence-corrected chi connectivity index (χ2v) is 6.34. The number of nitrogens with zero attached hydrogens (tertiary/aromatic N) is 4. The average molecular weight is 321 g/mol. The number of hydrogen-bond donors (Lipinski definition) is 1. The molecule has 1 aliphatic carbocycles. The van der Waals surface area contributed by atoms with Crippen molar-refractivity contribution in [3.63, 3.8) is 0 Å². The predicted octanol–water partition coefficient (Wildman–Crippen LogP) is 3.39. The van der Waals surface area contributed by atoms with E-state index in [0.29, 0.717) is 22.9 Å². The molecule has 1 N–H and O–H groups in total. The third kappa shape index (κ3) is 2.11. The first-order valence-corrected chi connectivity index (χ1v) is 7.87. The van der Waals surface area contributed by atoms with E-state index >= 15 is 0 Å². The second kappa shape index (κ2) is 5.27. The molecule has 0 radical (unpaired) electrons. The molecule has 7 nitrogen and oxygen atoms in total. The molecule has 4 rings (SSSR count). The zero-order chi connectivity index (χ0) is 16.8. The number of nitrogens with one attached hydrogen (secondary N) is 1. The van der Waals surface area contributed by atoms with Crippen LogP contribution in [0.4, 0.5) is 11.5 Å². The summed E-state index contributed by atoms with van der Waals surface area (Å²) in [6, 6.07) is 7.61. The fourth-order valence-electron chi connectivity index (χ4n) is 3.55. The lowest BCUT2D eigenvalue weighted by Crippen LogP contribution is -2.27. The molecule has 24 heavy (non-hydrogen) atoms. The van der Waals surface area contributed by atoms with E-state index in [1.165, 1.54) is 0 Å². The van der Waals surface area contributed by atoms with E-state index in [1.54, 1.807) is 31.3 Å². The number of fused-ring (bicyclic) bond motifs is 1. The molecule has 1 fully saturated rings. The Bertz CT molecular complexity index is 904. The Morgan fingerprint density at radius 2 is 2.17 bits per heavy atom. The molecule has 1 aliphatic heterocycles. The van der Waals surface area contributed by atoms with Crippen molar-refractivity contribution in [3.05, 3.63) is 51.2 Å². The van der Waals surface area contributed by atoms with Crippen molar-refractivity contribution in [2.24, 2.45) is 16.8 Å². The lowest BCUT2D eigenvalue weighted by atomic mass is 9.76. The first-order valence-electron chi connectivity index (χ1n) is 7.87. The van der Waals surface area contributed by atoms with Crippen LogP contribution in [-0.4, -0.2) is 20.8 Å². The van der Waals surface area contributed by atoms with Crippen LogP contribution in [0.2, 0.25) is 0 Å². The van der Waals surface area contributed by atoms with E-state index in [9.17, 15) is 15.4 Å². The molecule has 2 aliphatic rings. The Morgan fingerprint density at radius 1 is 1.38 bits per heavy atom. The number of rotatable bonds is 3. The molecule has 2 unspecified atom stereocenters. The van der Waals surface area contributed by atoms with Crippen molar-refractivity contribution in [1.82, 2.24) is 10.2 Å². The molecular formula is C17H15N5O2. The summed E-state index contributed by atoms with van der Waals surface area (Å²) in [5, 5.41) is 28.3. The van der Waals surface area contributed by atoms with Crippen LogP contribution in [0.1, 0.15) is 35.4 Å². The quantitative estimate of drug-likeness (QED) is 0.690. The van der Waals surface area contributed by atoms with E-state index in [-0.39, 0.29) is 10.6 Å². The lowest BCUT2D eigenvalue weighted by Gasteiger charge is -2.27. The lowest BCUT2D eigenvalue weighted by molar-refractivity contribution is -0.386. The number of aromatic nitrogens is 2. The summed E-state index contributed by atoms with van der Waals surface area (Å²) in [4.78, 5) is 15.9. The third-order valence-corrected chi connectivity index (χ3v) is 4.80. The van der Waals surface area contributed by atoms with Crippen molar-refractivity contribution < 1.29 is 4.92 Å². The molecule has 2 heterocycles. The zero-order valence-electron chi connectivity index (χ0n) is 13.1. The minimum absolute atomic E-state index is 0.0759. The van der Waals surface area contributed by atoms with Crippen LogP contribution in [0.3, 0.4) is 0 Å². The molecule has 0 bridgehead atoms. The van der Waals surface area contributed by atoms with Gasteiger partial charge in [0, 0.05) is 28.3 Å². The van der Waals surface area contributed by atoms with Gasteiger partial charge in [-0.25, -0.2) is 4.99 Å². The van der Waals surface area contributed by atoms with Gasteiger partial charge in [0.05, 0.1) is 23.1 Å². The van der Waals surface area contributed by atoms with Crippen LogP contribution in [0.5, 0.6) is 0 Å². The molecule has 0 spiro atoms. The first-order chi connectivity index (χ1) is 11.6. The molecule has 1 saturated carbocycles. The predicted molar refractivity (Wildman–Crippen MR) is 87.2 cm³/mol. The van der Waals surface area contributed by atoms with Crippen LogP contribution >= 0.6 is 0 Å². The van der Waals surface area contributed by atoms with Gasteiger partial charge in [-0.15, -0.1) is 0 Å². The summed E-state index contributed by atoms with van der Waals surface area (Å²) in [5.74, 6) is 0.00178. The van der Waals surface area contributed by atoms with Gasteiger partial charge >= 0.3 is 0 Å². The number of benzene rings is 1. The molecule has 7 heteroatoms. The van der Waals surface area contributed by atoms with Crippen molar-refractivity contribution in [2.75, 3.05) is 0 Å². The van der Waals surface area contributed by atoms with Crippen LogP contribution < -0.4 is 0 Å². The number of nitro groups is 1. The maximum Gasteiger partial charge on any atom is 0.276 e. The number of aliphatic imine (C=N–C) groups is 1. The summed E-state index contributed by atoms with van der Waals surface area (Å²) >= 11 is 0. The Hall–Kier alpha value is -3.01. The minimum atomic E-state index is -0.497. The number of H-pyrrole nitrogens is 1. The maximum absolute atomic E-state index is 11.6. The van der Waals surface area contributed by atoms with Gasteiger partial charge in [-0.05, 0) is 25.7 Å². The van der Waals surface area contributed by atoms with Gasteiger partial charge in [0.2, 0.25) is 0 Å². The number of hydrogen-bond acceptors (Lipinski definition) is 5. The van der Waals surface area contributed by atoms with Crippen molar-refractivity contribution in [3.8, 4) is 6.07 Å². The summed E-state index contributed by atoms with van der Waals surface area (Å²) in [6.45, 7) is 1.72. The number of para-hydroxylation sites is 1. The van der Waals surface area contributed by atoms with E-state index in [4.69, 9.17) is 0 Å². The fraction of sp³-hybridized carbons (Fsp3) is 0.353. The SMILES string of the molecule is Cc1cccc(C2c3cn[nH]c3N=C(C3CC3)C2C#N)c1[N+](=O)[O-]. The highest BCUT2D eigenvalue weighted by Gasteiger charge is 2.44. The van der Waals surface area contributed by atoms with E-state index < -0.39 is 11.8 Å². The Kier molecular flexibility index (Phi) is 3.20. The van der Waals surface area contributed by atoms with Gasteiger partial charge in [0.15, 0.2) is 5.82 Å². The monoisotopic (exact) mass is 321 g/mol. The largest absolute Gasteiger partial charge is 0.276 e. The summed E-state index contributed by atoms with van der Waals surface area (Å²) in [5.41, 5.74) is 2.80. The Labute approximate surface area is 138 Å². The fourth-order valence-corrected chi connectivity index (χ4v) is 3.55. The first kappa shape index (κ1) is 14.6. The standard InChI is InChI=1S/C17H15N5O2/c1-9-3-2-4-11(16(9)22(23)24)14-12(7-18)15(10-5-6-10)20-17-13(14)8-19-21-17/h2-4,8,10,12,14H,5-6H2,1H3,(H,19,21). The molecule has 2 aromatic rings. The minimum Gasteiger partial charge on any atom is -0.261 e. The highest BCUT2D eigenvalue weighted by Crippen LogP contribution is 2.48. The highest BCUT2D eigenvalue weighted by molar-refractivity contribution is 5.97. The number of nitro benzene ring substituents is 1. The van der Waals surface area contributed by atoms with E-state index in [0.717, 1.165) is 24.1 Å². The average Bonchev–Trinajstić information content (AvgIpc) is 3.30. The molecule has 2 atom stereocenters. The van der Waals surface area contributed by atoms with Crippen LogP contribution in [0.25, 0.3) is 0 Å². The normalized spacial score (nSPS) is 22.4. The summed E-state index contributed by atoms with van der Waals surface area (Å²) < 4.78 is 0. The van der Waals surface area contributed by atoms with Crippen molar-refractivity contribution in [1.29, 1.82) is 5.26 Å². The van der Waals surface area contributed by atoms with Crippen LogP contribution in [-0.2, 0) is 0 Å². The summed E-state index contributed by atoms with van der Waals surface area (Å²) in [7, 11) is 0. The van der Waals surface area contributed by atoms with Crippen molar-refractivity contribution in [2.45, 2.75) is 25.7 Å². The zero-order valence-corrected chi connectivity index (χ0v) is 13.1. The van der Waals surface area contributed by atoms with Crippen LogP contribution in [0, 0.1) is 40.2 Å². The van der Waals surface area contributed by atoms with Gasteiger partial charge in [-0.1, -0.05) is 18.2 Å². The molecule has 120 valence electrons. The second-order valence-electron chi connectivity index (χ2n) is 6.34. The van der Waals surface area contributed by atoms with Crippen LogP contribution in [0.15, 0.2) is 29.4 Å². The van der Waals surface area contributed by atoms with Gasteiger partial charge in [0.25, 0.3) is 5.69 Å². The third-order valence-electron chi connectivity index (χ3n) is 4.80. The van der Waals surface area contributed by atoms with Gasteiger partial charge in [-0.3, -0.25) is 15.2 Å². The van der Waals surface area contributed by atoms with Gasteiger partial charge in [0.1, 0.15) is 0 Å². The number of aromatic amines is 1. The summed E-state index contributed by atoms with van der Waals surface area (Å²) in [6.07, 6.45) is 3.66. The number of nitriles is 1. The van der Waals surface area contributed by atoms with Gasteiger partial charge in [-0.2, -0.15) is 10.4 Å². The Morgan fingerprint density at radius 3 is 2.83 bits per heavy atom. The topological polar surface area (TPSA) is 108 Å². The highest BCUT2D eigenvalue weighted by atomic mass is 16.6. The molecule has 1 aromatic heterocycles.